The van der Waals surface area contributed by atoms with Crippen molar-refractivity contribution in [3.63, 3.8) is 0 Å². The fraction of sp³-hybridized carbons (Fsp3) is 0.923. The van der Waals surface area contributed by atoms with Crippen LogP contribution >= 0.6 is 0 Å². The second-order valence-corrected chi connectivity index (χ2v) is 5.58. The number of primary amides is 1. The third-order valence-corrected chi connectivity index (χ3v) is 4.02. The van der Waals surface area contributed by atoms with E-state index in [-0.39, 0.29) is 0 Å². The van der Waals surface area contributed by atoms with E-state index in [2.05, 4.69) is 11.8 Å². The van der Waals surface area contributed by atoms with Gasteiger partial charge < -0.3 is 16.4 Å². The van der Waals surface area contributed by atoms with Crippen LogP contribution in [0, 0.1) is 5.92 Å². The maximum Gasteiger partial charge on any atom is 0.237 e. The van der Waals surface area contributed by atoms with Crippen molar-refractivity contribution in [2.24, 2.45) is 17.4 Å². The normalized spacial score (nSPS) is 22.3. The first kappa shape index (κ1) is 14.5. The SMILES string of the molecule is CCC1CCN(CCCC(C)(N)C(N)=O)CC1. The number of rotatable bonds is 6. The third kappa shape index (κ3) is 4.64. The van der Waals surface area contributed by atoms with Crippen molar-refractivity contribution in [2.75, 3.05) is 19.6 Å². The molecule has 100 valence electrons. The lowest BCUT2D eigenvalue weighted by molar-refractivity contribution is -0.122. The highest BCUT2D eigenvalue weighted by Crippen LogP contribution is 2.20. The Balaban J connectivity index is 2.18. The van der Waals surface area contributed by atoms with E-state index >= 15 is 0 Å². The largest absolute Gasteiger partial charge is 0.368 e. The number of carbonyl (C=O) groups excluding carboxylic acids is 1. The molecule has 1 heterocycles. The molecule has 1 amide bonds. The van der Waals surface area contributed by atoms with Crippen molar-refractivity contribution < 1.29 is 4.79 Å². The van der Waals surface area contributed by atoms with Crippen LogP contribution in [-0.2, 0) is 4.79 Å². The fourth-order valence-corrected chi connectivity index (χ4v) is 2.41. The zero-order chi connectivity index (χ0) is 12.9. The molecule has 0 aromatic carbocycles. The van der Waals surface area contributed by atoms with Gasteiger partial charge in [-0.15, -0.1) is 0 Å². The summed E-state index contributed by atoms with van der Waals surface area (Å²) < 4.78 is 0. The smallest absolute Gasteiger partial charge is 0.237 e. The highest BCUT2D eigenvalue weighted by molar-refractivity contribution is 5.83. The summed E-state index contributed by atoms with van der Waals surface area (Å²) in [5.41, 5.74) is 10.2. The molecule has 1 fully saturated rings. The van der Waals surface area contributed by atoms with E-state index in [1.807, 2.05) is 0 Å². The van der Waals surface area contributed by atoms with Gasteiger partial charge >= 0.3 is 0 Å². The van der Waals surface area contributed by atoms with Gasteiger partial charge in [0.25, 0.3) is 0 Å². The molecule has 1 rings (SSSR count). The first-order valence-corrected chi connectivity index (χ1v) is 6.77. The second kappa shape index (κ2) is 6.36. The number of amides is 1. The van der Waals surface area contributed by atoms with E-state index < -0.39 is 11.4 Å². The molecule has 1 atom stereocenters. The van der Waals surface area contributed by atoms with Gasteiger partial charge in [0.1, 0.15) is 0 Å². The number of piperidine rings is 1. The summed E-state index contributed by atoms with van der Waals surface area (Å²) in [6.07, 6.45) is 5.55. The Labute approximate surface area is 105 Å². The zero-order valence-electron chi connectivity index (χ0n) is 11.2. The molecular weight excluding hydrogens is 214 g/mol. The van der Waals surface area contributed by atoms with Crippen LogP contribution in [0.2, 0.25) is 0 Å². The average molecular weight is 241 g/mol. The molecule has 4 heteroatoms. The van der Waals surface area contributed by atoms with E-state index in [1.54, 1.807) is 6.92 Å². The fourth-order valence-electron chi connectivity index (χ4n) is 2.41. The maximum absolute atomic E-state index is 11.1. The van der Waals surface area contributed by atoms with Gasteiger partial charge in [0.2, 0.25) is 5.91 Å². The molecule has 4 nitrogen and oxygen atoms in total. The van der Waals surface area contributed by atoms with Crippen LogP contribution < -0.4 is 11.5 Å². The van der Waals surface area contributed by atoms with Gasteiger partial charge in [-0.25, -0.2) is 0 Å². The van der Waals surface area contributed by atoms with Crippen LogP contribution in [0.4, 0.5) is 0 Å². The Kier molecular flexibility index (Phi) is 5.40. The Morgan fingerprint density at radius 2 is 2.00 bits per heavy atom. The van der Waals surface area contributed by atoms with Gasteiger partial charge in [-0.3, -0.25) is 4.79 Å². The molecule has 0 radical (unpaired) electrons. The number of carbonyl (C=O) groups is 1. The molecule has 0 aliphatic carbocycles. The molecule has 1 saturated heterocycles. The first-order chi connectivity index (χ1) is 7.95. The lowest BCUT2D eigenvalue weighted by Gasteiger charge is -2.32. The van der Waals surface area contributed by atoms with E-state index in [9.17, 15) is 4.79 Å². The molecule has 0 aromatic heterocycles. The Morgan fingerprint density at radius 1 is 1.41 bits per heavy atom. The van der Waals surface area contributed by atoms with Crippen molar-refractivity contribution >= 4 is 5.91 Å². The third-order valence-electron chi connectivity index (χ3n) is 4.02. The number of hydrogen-bond donors (Lipinski definition) is 2. The Bertz CT molecular complexity index is 245. The van der Waals surface area contributed by atoms with Crippen LogP contribution in [0.5, 0.6) is 0 Å². The summed E-state index contributed by atoms with van der Waals surface area (Å²) in [5.74, 6) is 0.513. The molecule has 0 spiro atoms. The molecule has 0 bridgehead atoms. The van der Waals surface area contributed by atoms with E-state index in [4.69, 9.17) is 11.5 Å². The highest BCUT2D eigenvalue weighted by atomic mass is 16.1. The van der Waals surface area contributed by atoms with E-state index in [0.29, 0.717) is 6.42 Å². The van der Waals surface area contributed by atoms with Crippen molar-refractivity contribution in [1.82, 2.24) is 4.90 Å². The van der Waals surface area contributed by atoms with Crippen LogP contribution in [-0.4, -0.2) is 36.0 Å². The molecular formula is C13H27N3O. The van der Waals surface area contributed by atoms with Crippen molar-refractivity contribution in [1.29, 1.82) is 0 Å². The van der Waals surface area contributed by atoms with Crippen LogP contribution in [0.15, 0.2) is 0 Å². The summed E-state index contributed by atoms with van der Waals surface area (Å²) in [4.78, 5) is 13.5. The minimum atomic E-state index is -0.845. The minimum Gasteiger partial charge on any atom is -0.368 e. The summed E-state index contributed by atoms with van der Waals surface area (Å²) in [7, 11) is 0. The standard InChI is InChI=1S/C13H27N3O/c1-3-11-5-9-16(10-6-11)8-4-7-13(2,15)12(14)17/h11H,3-10,15H2,1-2H3,(H2,14,17). The van der Waals surface area contributed by atoms with Crippen LogP contribution in [0.1, 0.15) is 46.0 Å². The monoisotopic (exact) mass is 241 g/mol. The lowest BCUT2D eigenvalue weighted by atomic mass is 9.93. The maximum atomic E-state index is 11.1. The molecule has 1 unspecified atom stereocenters. The quantitative estimate of drug-likeness (QED) is 0.731. The van der Waals surface area contributed by atoms with Gasteiger partial charge in [0.05, 0.1) is 5.54 Å². The van der Waals surface area contributed by atoms with Crippen LogP contribution in [0.3, 0.4) is 0 Å². The summed E-state index contributed by atoms with van der Waals surface area (Å²) in [5, 5.41) is 0. The molecule has 0 saturated carbocycles. The second-order valence-electron chi connectivity index (χ2n) is 5.58. The number of nitrogens with two attached hydrogens (primary N) is 2. The van der Waals surface area contributed by atoms with E-state index in [1.165, 1.54) is 32.4 Å². The van der Waals surface area contributed by atoms with Crippen molar-refractivity contribution in [3.8, 4) is 0 Å². The van der Waals surface area contributed by atoms with Gasteiger partial charge in [-0.2, -0.15) is 0 Å². The van der Waals surface area contributed by atoms with Gasteiger partial charge in [0, 0.05) is 0 Å². The zero-order valence-corrected chi connectivity index (χ0v) is 11.2. The lowest BCUT2D eigenvalue weighted by Crippen LogP contribution is -2.49. The number of likely N-dealkylation sites (tertiary alicyclic amines) is 1. The summed E-state index contributed by atoms with van der Waals surface area (Å²) >= 11 is 0. The van der Waals surface area contributed by atoms with E-state index in [0.717, 1.165) is 18.9 Å². The average Bonchev–Trinajstić information content (AvgIpc) is 2.29. The van der Waals surface area contributed by atoms with Gasteiger partial charge in [-0.1, -0.05) is 13.3 Å². The van der Waals surface area contributed by atoms with Crippen molar-refractivity contribution in [2.45, 2.75) is 51.5 Å². The van der Waals surface area contributed by atoms with Crippen LogP contribution in [0.25, 0.3) is 0 Å². The Morgan fingerprint density at radius 3 is 2.47 bits per heavy atom. The molecule has 1 aliphatic heterocycles. The number of hydrogen-bond acceptors (Lipinski definition) is 3. The highest BCUT2D eigenvalue weighted by Gasteiger charge is 2.25. The molecule has 4 N–H and O–H groups in total. The molecule has 1 aliphatic rings. The van der Waals surface area contributed by atoms with Crippen molar-refractivity contribution in [3.05, 3.63) is 0 Å². The first-order valence-electron chi connectivity index (χ1n) is 6.77. The minimum absolute atomic E-state index is 0.401. The summed E-state index contributed by atoms with van der Waals surface area (Å²) in [6, 6.07) is 0. The predicted octanol–water partition coefficient (Wildman–Crippen LogP) is 1.09. The number of nitrogens with zero attached hydrogens (tertiary/aromatic N) is 1. The molecule has 17 heavy (non-hydrogen) atoms. The van der Waals surface area contributed by atoms with Gasteiger partial charge in [-0.05, 0) is 58.2 Å². The molecule has 0 aromatic rings. The Hall–Kier alpha value is -0.610. The van der Waals surface area contributed by atoms with Gasteiger partial charge in [0.15, 0.2) is 0 Å². The predicted molar refractivity (Wildman–Crippen MR) is 70.5 cm³/mol. The summed E-state index contributed by atoms with van der Waals surface area (Å²) in [6.45, 7) is 7.41. The topological polar surface area (TPSA) is 72.3 Å².